The highest BCUT2D eigenvalue weighted by Gasteiger charge is 2.49. The van der Waals surface area contributed by atoms with Crippen LogP contribution in [0.4, 0.5) is 0 Å². The van der Waals surface area contributed by atoms with Crippen LogP contribution < -0.4 is 0 Å². The fourth-order valence-corrected chi connectivity index (χ4v) is 22.4. The van der Waals surface area contributed by atoms with Crippen LogP contribution in [0.3, 0.4) is 0 Å². The van der Waals surface area contributed by atoms with Crippen molar-refractivity contribution in [3.05, 3.63) is 78.4 Å². The molecule has 2 aliphatic carbocycles. The van der Waals surface area contributed by atoms with Crippen molar-refractivity contribution >= 4 is 77.2 Å². The third-order valence-corrected chi connectivity index (χ3v) is 28.6. The Hall–Kier alpha value is -1.02. The third-order valence-electron chi connectivity index (χ3n) is 22.6. The molecule has 4 heterocycles. The predicted octanol–water partition coefficient (Wildman–Crippen LogP) is 34.8. The summed E-state index contributed by atoms with van der Waals surface area (Å²) in [7, 11) is 0. The molecule has 0 spiro atoms. The molecule has 6 heteroatoms. The molecule has 5 aromatic rings. The van der Waals surface area contributed by atoms with E-state index >= 15 is 0 Å². The van der Waals surface area contributed by atoms with Crippen LogP contribution in [0, 0.1) is 0 Å². The van der Waals surface area contributed by atoms with Gasteiger partial charge < -0.3 is 0 Å². The Morgan fingerprint density at radius 3 is 0.617 bits per heavy atom. The summed E-state index contributed by atoms with van der Waals surface area (Å²) in [6.45, 7) is 9.35. The molecule has 0 amide bonds. The van der Waals surface area contributed by atoms with Crippen LogP contribution in [-0.2, 0) is 10.8 Å². The average Bonchev–Trinajstić information content (AvgIpc) is 1.52. The first-order valence-electron chi connectivity index (χ1n) is 41.4. The Balaban J connectivity index is 1.14. The largest absolute Gasteiger partial charge is 0.134 e. The Morgan fingerprint density at radius 1 is 0.223 bits per heavy atom. The molecule has 1 aromatic carbocycles. The number of thiophene rings is 4. The van der Waals surface area contributed by atoms with Crippen molar-refractivity contribution in [3.63, 3.8) is 0 Å². The zero-order valence-corrected chi connectivity index (χ0v) is 67.9. The van der Waals surface area contributed by atoms with E-state index in [9.17, 15) is 0 Å². The molecule has 530 valence electrons. The monoisotopic (exact) mass is 1480 g/mol. The van der Waals surface area contributed by atoms with Crippen LogP contribution in [-0.4, -0.2) is 0 Å². The maximum absolute atomic E-state index is 3.92. The molecule has 0 nitrogen and oxygen atoms in total. The van der Waals surface area contributed by atoms with Gasteiger partial charge in [0.15, 0.2) is 0 Å². The number of halogens is 2. The Kier molecular flexibility index (Phi) is 41.6. The molecule has 0 aliphatic heterocycles. The highest BCUT2D eigenvalue weighted by atomic mass is 79.9. The van der Waals surface area contributed by atoms with Crippen LogP contribution in [0.5, 0.6) is 0 Å². The van der Waals surface area contributed by atoms with E-state index in [1.54, 1.807) is 43.1 Å². The summed E-state index contributed by atoms with van der Waals surface area (Å²) in [5.41, 5.74) is 10.3. The highest BCUT2D eigenvalue weighted by molar-refractivity contribution is 9.11. The van der Waals surface area contributed by atoms with Gasteiger partial charge in [-0.05, 0) is 139 Å². The zero-order valence-electron chi connectivity index (χ0n) is 61.4. The van der Waals surface area contributed by atoms with Crippen molar-refractivity contribution in [1.82, 2.24) is 0 Å². The summed E-state index contributed by atoms with van der Waals surface area (Å²) in [5, 5.41) is 0. The van der Waals surface area contributed by atoms with Crippen molar-refractivity contribution in [2.75, 3.05) is 0 Å². The minimum atomic E-state index is 0.0601. The van der Waals surface area contributed by atoms with Crippen LogP contribution >= 0.6 is 77.2 Å². The molecule has 0 saturated heterocycles. The molecule has 0 radical (unpaired) electrons. The van der Waals surface area contributed by atoms with Gasteiger partial charge in [-0.3, -0.25) is 0 Å². The highest BCUT2D eigenvalue weighted by Crippen LogP contribution is 2.65. The SMILES string of the molecule is CCCCCCCCCCCCCCCCC1(CCCCCCCCCCCCCCCC)c2cc3c(cc2-c2sc(-c4ccc(Br)s4)cc21)C(CCCCCCCCCCCCCCCC)(CCCCCCCCCCCCCCCC)c1cc(-c2ccc(Br)s2)sc1-3. The summed E-state index contributed by atoms with van der Waals surface area (Å²) < 4.78 is 2.50. The summed E-state index contributed by atoms with van der Waals surface area (Å²) in [4.78, 5) is 9.15. The molecular formula is C88H140Br2S4. The van der Waals surface area contributed by atoms with E-state index in [0.717, 1.165) is 0 Å². The number of hydrogen-bond acceptors (Lipinski definition) is 4. The van der Waals surface area contributed by atoms with Crippen LogP contribution in [0.2, 0.25) is 0 Å². The molecular weight excluding hydrogens is 1350 g/mol. The van der Waals surface area contributed by atoms with E-state index in [-0.39, 0.29) is 10.8 Å². The Bertz CT molecular complexity index is 2450. The lowest BCUT2D eigenvalue weighted by Gasteiger charge is -2.34. The van der Waals surface area contributed by atoms with E-state index in [1.807, 2.05) is 22.7 Å². The molecule has 0 N–H and O–H groups in total. The van der Waals surface area contributed by atoms with Gasteiger partial charge in [0.2, 0.25) is 0 Å². The summed E-state index contributed by atoms with van der Waals surface area (Å²) >= 11 is 16.0. The van der Waals surface area contributed by atoms with Gasteiger partial charge in [0, 0.05) is 40.1 Å². The first-order chi connectivity index (χ1) is 46.4. The van der Waals surface area contributed by atoms with Gasteiger partial charge in [-0.25, -0.2) is 0 Å². The molecule has 0 bridgehead atoms. The number of unbranched alkanes of at least 4 members (excludes halogenated alkanes) is 52. The van der Waals surface area contributed by atoms with E-state index in [4.69, 9.17) is 0 Å². The lowest BCUT2D eigenvalue weighted by atomic mass is 9.68. The number of hydrogen-bond donors (Lipinski definition) is 0. The summed E-state index contributed by atoms with van der Waals surface area (Å²) in [5.74, 6) is 0. The number of fused-ring (bicyclic) bond motifs is 6. The molecule has 7 rings (SSSR count). The second-order valence-electron chi connectivity index (χ2n) is 30.4. The number of benzene rings is 1. The smallest absolute Gasteiger partial charge is 0.0705 e. The Morgan fingerprint density at radius 2 is 0.426 bits per heavy atom. The minimum Gasteiger partial charge on any atom is -0.134 e. The minimum absolute atomic E-state index is 0.0601. The van der Waals surface area contributed by atoms with Crippen molar-refractivity contribution in [1.29, 1.82) is 0 Å². The Labute approximate surface area is 614 Å². The van der Waals surface area contributed by atoms with Gasteiger partial charge in [0.25, 0.3) is 0 Å². The van der Waals surface area contributed by atoms with E-state index in [2.05, 4.69) is 131 Å². The van der Waals surface area contributed by atoms with Crippen LogP contribution in [0.25, 0.3) is 40.4 Å². The third kappa shape index (κ3) is 27.1. The average molecular weight is 1490 g/mol. The molecule has 0 unspecified atom stereocenters. The molecule has 0 atom stereocenters. The topological polar surface area (TPSA) is 0 Å². The van der Waals surface area contributed by atoms with Gasteiger partial charge in [0.05, 0.1) is 7.57 Å². The van der Waals surface area contributed by atoms with Gasteiger partial charge in [-0.15, -0.1) is 45.3 Å². The van der Waals surface area contributed by atoms with Crippen LogP contribution in [0.1, 0.15) is 435 Å². The molecule has 2 aliphatic rings. The van der Waals surface area contributed by atoms with Crippen LogP contribution in [0.15, 0.2) is 56.1 Å². The maximum Gasteiger partial charge on any atom is 0.0705 e. The van der Waals surface area contributed by atoms with Gasteiger partial charge in [-0.1, -0.05) is 387 Å². The van der Waals surface area contributed by atoms with Gasteiger partial charge in [0.1, 0.15) is 0 Å². The second-order valence-corrected chi connectivity index (χ2v) is 37.4. The second kappa shape index (κ2) is 48.7. The maximum atomic E-state index is 3.92. The molecule has 0 fully saturated rings. The summed E-state index contributed by atoms with van der Waals surface area (Å²) in [6, 6.07) is 20.8. The quantitative estimate of drug-likeness (QED) is 0.0340. The number of rotatable bonds is 62. The molecule has 94 heavy (non-hydrogen) atoms. The van der Waals surface area contributed by atoms with E-state index < -0.39 is 0 Å². The first kappa shape index (κ1) is 80.3. The lowest BCUT2D eigenvalue weighted by molar-refractivity contribution is 0.394. The van der Waals surface area contributed by atoms with Crippen molar-refractivity contribution < 1.29 is 0 Å². The van der Waals surface area contributed by atoms with Crippen molar-refractivity contribution in [3.8, 4) is 40.4 Å². The van der Waals surface area contributed by atoms with Gasteiger partial charge >= 0.3 is 0 Å². The van der Waals surface area contributed by atoms with E-state index in [1.165, 1.54) is 412 Å². The van der Waals surface area contributed by atoms with Crippen molar-refractivity contribution in [2.45, 2.75) is 424 Å². The summed E-state index contributed by atoms with van der Waals surface area (Å²) in [6.07, 6.45) is 84.6. The normalized spacial score (nSPS) is 13.6. The first-order valence-corrected chi connectivity index (χ1v) is 46.2. The fourth-order valence-electron chi connectivity index (χ4n) is 16.9. The van der Waals surface area contributed by atoms with Gasteiger partial charge in [-0.2, -0.15) is 0 Å². The zero-order chi connectivity index (χ0) is 66.0. The molecule has 0 saturated carbocycles. The standard InChI is InChI=1S/C88H140Br2S4/c1-5-9-13-17-21-25-29-33-37-41-45-49-53-57-65-87(66-58-54-50-46-42-38-34-30-26-22-18-14-10-6-2)75-69-74-76(70-73(75)85-77(87)71-81(93-85)79-61-63-83(89)91-79)88(78-72-82(94-86(74)78)80-62-64-84(90)92-80,67-59-55-51-47-43-39-35-31-27-23-19-15-11-7-3)68-60-56-52-48-44-40-36-32-28-24-20-16-12-8-4/h61-64,69-72H,5-60,65-68H2,1-4H3. The lowest BCUT2D eigenvalue weighted by Crippen LogP contribution is -2.27. The fraction of sp³-hybridized carbons (Fsp3) is 0.750. The van der Waals surface area contributed by atoms with E-state index in [0.29, 0.717) is 0 Å². The predicted molar refractivity (Wildman–Crippen MR) is 436 cm³/mol. The molecule has 4 aromatic heterocycles. The van der Waals surface area contributed by atoms with Crippen molar-refractivity contribution in [2.24, 2.45) is 0 Å².